The first-order chi connectivity index (χ1) is 14.2. The van der Waals surface area contributed by atoms with Crippen molar-refractivity contribution in [1.82, 2.24) is 14.5 Å². The molecule has 4 heteroatoms. The number of rotatable bonds is 2. The Hall–Kier alpha value is -3.14. The molecule has 0 bridgehead atoms. The first-order valence-corrected chi connectivity index (χ1v) is 10.5. The molecule has 0 saturated heterocycles. The van der Waals surface area contributed by atoms with E-state index in [1.165, 1.54) is 28.0 Å². The molecule has 0 fully saturated rings. The molecule has 1 aliphatic carbocycles. The van der Waals surface area contributed by atoms with Crippen LogP contribution in [-0.2, 0) is 25.7 Å². The van der Waals surface area contributed by atoms with Crippen molar-refractivity contribution in [3.05, 3.63) is 82.6 Å². The fourth-order valence-corrected chi connectivity index (χ4v) is 5.32. The zero-order chi connectivity index (χ0) is 19.5. The minimum absolute atomic E-state index is 0.00499. The number of carbonyl (C=O) groups excluding carboxylic acids is 1. The van der Waals surface area contributed by atoms with Crippen molar-refractivity contribution in [3.8, 4) is 5.69 Å². The molecule has 2 aliphatic rings. The standard InChI is InChI=1S/C25H23N3O/c1-15-20(27-14-26-15)13-18-11-12-22-23(25(18)29)19-7-4-6-17-10-9-16-5-2-3-8-21(16)28(22)24(17)19/h2-8,14,18H,9-13H2,1H3,(H,26,27). The van der Waals surface area contributed by atoms with Gasteiger partial charge in [-0.2, -0.15) is 0 Å². The molecule has 0 amide bonds. The summed E-state index contributed by atoms with van der Waals surface area (Å²) in [5.41, 5.74) is 9.43. The van der Waals surface area contributed by atoms with Crippen LogP contribution in [0.15, 0.2) is 48.8 Å². The molecular weight excluding hydrogens is 358 g/mol. The predicted molar refractivity (Wildman–Crippen MR) is 114 cm³/mol. The third kappa shape index (κ3) is 2.38. The van der Waals surface area contributed by atoms with Crippen LogP contribution in [0.4, 0.5) is 0 Å². The highest BCUT2D eigenvalue weighted by atomic mass is 16.1. The fourth-order valence-electron chi connectivity index (χ4n) is 5.32. The number of nitrogens with one attached hydrogen (secondary N) is 1. The highest BCUT2D eigenvalue weighted by Gasteiger charge is 2.35. The summed E-state index contributed by atoms with van der Waals surface area (Å²) >= 11 is 0. The van der Waals surface area contributed by atoms with Gasteiger partial charge in [-0.1, -0.05) is 36.4 Å². The van der Waals surface area contributed by atoms with E-state index in [2.05, 4.69) is 57.0 Å². The number of aromatic amines is 1. The largest absolute Gasteiger partial charge is 0.348 e. The second-order valence-electron chi connectivity index (χ2n) is 8.38. The first-order valence-electron chi connectivity index (χ1n) is 10.5. The van der Waals surface area contributed by atoms with E-state index in [1.807, 2.05) is 6.92 Å². The van der Waals surface area contributed by atoms with Crippen LogP contribution >= 0.6 is 0 Å². The number of nitrogens with zero attached hydrogens (tertiary/aromatic N) is 2. The van der Waals surface area contributed by atoms with E-state index >= 15 is 0 Å². The van der Waals surface area contributed by atoms with Crippen molar-refractivity contribution in [2.75, 3.05) is 0 Å². The molecule has 1 atom stereocenters. The maximum absolute atomic E-state index is 13.7. The molecule has 1 unspecified atom stereocenters. The van der Waals surface area contributed by atoms with E-state index in [4.69, 9.17) is 0 Å². The monoisotopic (exact) mass is 381 g/mol. The third-order valence-corrected chi connectivity index (χ3v) is 6.79. The SMILES string of the molecule is Cc1[nH]cnc1CC1CCc2c(c3cccc4c3n2-c2ccccc2CC4)C1=O. The van der Waals surface area contributed by atoms with Gasteiger partial charge in [0.05, 0.1) is 17.5 Å². The molecule has 144 valence electrons. The zero-order valence-electron chi connectivity index (χ0n) is 16.5. The summed E-state index contributed by atoms with van der Waals surface area (Å²) in [5, 5.41) is 1.13. The Morgan fingerprint density at radius 3 is 2.76 bits per heavy atom. The molecule has 2 aromatic heterocycles. The van der Waals surface area contributed by atoms with Gasteiger partial charge in [0.2, 0.25) is 0 Å². The number of para-hydroxylation sites is 2. The van der Waals surface area contributed by atoms with Crippen LogP contribution in [0.25, 0.3) is 16.6 Å². The molecule has 1 N–H and O–H groups in total. The van der Waals surface area contributed by atoms with Gasteiger partial charge in [0.25, 0.3) is 0 Å². The highest BCUT2D eigenvalue weighted by Crippen LogP contribution is 2.41. The van der Waals surface area contributed by atoms with Crippen LogP contribution in [0.3, 0.4) is 0 Å². The second-order valence-corrected chi connectivity index (χ2v) is 8.38. The third-order valence-electron chi connectivity index (χ3n) is 6.79. The van der Waals surface area contributed by atoms with E-state index in [-0.39, 0.29) is 11.7 Å². The lowest BCUT2D eigenvalue weighted by Gasteiger charge is -2.23. The van der Waals surface area contributed by atoms with Crippen molar-refractivity contribution in [2.45, 2.75) is 39.0 Å². The summed E-state index contributed by atoms with van der Waals surface area (Å²) in [6.45, 7) is 2.03. The fraction of sp³-hybridized carbons (Fsp3) is 0.280. The van der Waals surface area contributed by atoms with E-state index in [0.717, 1.165) is 54.4 Å². The van der Waals surface area contributed by atoms with Crippen LogP contribution in [0, 0.1) is 12.8 Å². The molecule has 0 saturated carbocycles. The van der Waals surface area contributed by atoms with Crippen molar-refractivity contribution >= 4 is 16.7 Å². The Morgan fingerprint density at radius 2 is 1.90 bits per heavy atom. The molecule has 3 heterocycles. The maximum atomic E-state index is 13.7. The van der Waals surface area contributed by atoms with Crippen molar-refractivity contribution in [3.63, 3.8) is 0 Å². The van der Waals surface area contributed by atoms with Crippen LogP contribution < -0.4 is 0 Å². The number of hydrogen-bond donors (Lipinski definition) is 1. The Labute approximate surface area is 169 Å². The van der Waals surface area contributed by atoms with Gasteiger partial charge >= 0.3 is 0 Å². The average molecular weight is 381 g/mol. The first kappa shape index (κ1) is 16.8. The Morgan fingerprint density at radius 1 is 1.07 bits per heavy atom. The molecule has 0 radical (unpaired) electrons. The van der Waals surface area contributed by atoms with E-state index < -0.39 is 0 Å². The Bertz CT molecular complexity index is 1280. The Balaban J connectivity index is 1.56. The predicted octanol–water partition coefficient (Wildman–Crippen LogP) is 4.75. The van der Waals surface area contributed by atoms with E-state index in [9.17, 15) is 4.79 Å². The number of hydrogen-bond acceptors (Lipinski definition) is 2. The maximum Gasteiger partial charge on any atom is 0.168 e. The topological polar surface area (TPSA) is 50.7 Å². The average Bonchev–Trinajstić information content (AvgIpc) is 3.24. The van der Waals surface area contributed by atoms with E-state index in [0.29, 0.717) is 0 Å². The normalized spacial score (nSPS) is 17.8. The summed E-state index contributed by atoms with van der Waals surface area (Å²) < 4.78 is 2.40. The number of aryl methyl sites for hydroxylation is 3. The smallest absolute Gasteiger partial charge is 0.168 e. The number of aromatic nitrogens is 3. The number of imidazole rings is 1. The molecule has 4 nitrogen and oxygen atoms in total. The van der Waals surface area contributed by atoms with Gasteiger partial charge < -0.3 is 9.55 Å². The number of fused-ring (bicyclic) bond motifs is 5. The molecule has 2 aromatic carbocycles. The van der Waals surface area contributed by atoms with Crippen LogP contribution in [-0.4, -0.2) is 20.3 Å². The van der Waals surface area contributed by atoms with Gasteiger partial charge in [0.1, 0.15) is 0 Å². The van der Waals surface area contributed by atoms with Gasteiger partial charge in [-0.15, -0.1) is 0 Å². The summed E-state index contributed by atoms with van der Waals surface area (Å²) in [4.78, 5) is 21.3. The number of ketones is 1. The molecule has 29 heavy (non-hydrogen) atoms. The van der Waals surface area contributed by atoms with Gasteiger partial charge in [-0.05, 0) is 49.8 Å². The molecule has 0 spiro atoms. The van der Waals surface area contributed by atoms with Gasteiger partial charge in [0, 0.05) is 40.4 Å². The number of carbonyl (C=O) groups is 1. The van der Waals surface area contributed by atoms with Gasteiger partial charge in [-0.3, -0.25) is 4.79 Å². The highest BCUT2D eigenvalue weighted by molar-refractivity contribution is 6.12. The van der Waals surface area contributed by atoms with Crippen molar-refractivity contribution < 1.29 is 4.79 Å². The minimum Gasteiger partial charge on any atom is -0.348 e. The van der Waals surface area contributed by atoms with Crippen molar-refractivity contribution in [1.29, 1.82) is 0 Å². The summed E-state index contributed by atoms with van der Waals surface area (Å²) in [6, 6.07) is 15.2. The second kappa shape index (κ2) is 6.18. The lowest BCUT2D eigenvalue weighted by molar-refractivity contribution is 0.0901. The van der Waals surface area contributed by atoms with E-state index in [1.54, 1.807) is 6.33 Å². The number of benzene rings is 2. The van der Waals surface area contributed by atoms with Crippen LogP contribution in [0.1, 0.15) is 45.0 Å². The van der Waals surface area contributed by atoms with Crippen LogP contribution in [0.5, 0.6) is 0 Å². The van der Waals surface area contributed by atoms with Gasteiger partial charge in [0.15, 0.2) is 5.78 Å². The summed E-state index contributed by atoms with van der Waals surface area (Å²) in [7, 11) is 0. The molecule has 1 aliphatic heterocycles. The molecular formula is C25H23N3O. The Kier molecular flexibility index (Phi) is 3.58. The van der Waals surface area contributed by atoms with Crippen molar-refractivity contribution in [2.24, 2.45) is 5.92 Å². The lowest BCUT2D eigenvalue weighted by Crippen LogP contribution is -2.25. The summed E-state index contributed by atoms with van der Waals surface area (Å²) in [6.07, 6.45) is 6.31. The van der Waals surface area contributed by atoms with Gasteiger partial charge in [-0.25, -0.2) is 4.98 Å². The number of Topliss-reactive ketones (excluding diaryl/α,β-unsaturated/α-hetero) is 1. The quantitative estimate of drug-likeness (QED) is 0.545. The van der Waals surface area contributed by atoms with Crippen LogP contribution in [0.2, 0.25) is 0 Å². The number of H-pyrrole nitrogens is 1. The molecule has 6 rings (SSSR count). The summed E-state index contributed by atoms with van der Waals surface area (Å²) in [5.74, 6) is 0.290. The zero-order valence-corrected chi connectivity index (χ0v) is 16.5. The minimum atomic E-state index is 0.00499. The lowest BCUT2D eigenvalue weighted by atomic mass is 9.82. The molecule has 4 aromatic rings.